The van der Waals surface area contributed by atoms with Crippen LogP contribution in [0.4, 0.5) is 0 Å². The molecule has 0 radical (unpaired) electrons. The van der Waals surface area contributed by atoms with E-state index >= 15 is 0 Å². The fraction of sp³-hybridized carbons (Fsp3) is 0.300. The zero-order valence-corrected chi connectivity index (χ0v) is 14.7. The van der Waals surface area contributed by atoms with Crippen LogP contribution in [0.5, 0.6) is 5.75 Å². The number of carbonyl (C=O) groups is 1. The summed E-state index contributed by atoms with van der Waals surface area (Å²) in [5.74, 6) is 0.0533. The lowest BCUT2D eigenvalue weighted by molar-refractivity contribution is -0.129. The van der Waals surface area contributed by atoms with E-state index in [0.29, 0.717) is 11.5 Å². The van der Waals surface area contributed by atoms with Crippen molar-refractivity contribution in [3.63, 3.8) is 0 Å². The second kappa shape index (κ2) is 8.87. The van der Waals surface area contributed by atoms with E-state index in [1.165, 1.54) is 7.11 Å². The number of para-hydroxylation sites is 1. The predicted molar refractivity (Wildman–Crippen MR) is 97.1 cm³/mol. The summed E-state index contributed by atoms with van der Waals surface area (Å²) in [6.45, 7) is 4.54. The number of aliphatic carboxylic acids is 1. The molecule has 1 unspecified atom stereocenters. The molecule has 132 valence electrons. The van der Waals surface area contributed by atoms with Crippen molar-refractivity contribution in [3.8, 4) is 5.75 Å². The van der Waals surface area contributed by atoms with Crippen LogP contribution in [-0.2, 0) is 16.2 Å². The molecule has 5 heteroatoms. The third-order valence-corrected chi connectivity index (χ3v) is 4.10. The van der Waals surface area contributed by atoms with Crippen molar-refractivity contribution in [1.29, 1.82) is 0 Å². The lowest BCUT2D eigenvalue weighted by atomic mass is 9.98. The number of rotatable bonds is 8. The SMILES string of the molecule is CCC(C)c1ccccc1OCc1ccccc1/C(=N\OC)C(=O)O. The standard InChI is InChI=1S/C20H23NO4/c1-4-14(2)16-10-7-8-12-18(16)25-13-15-9-5-6-11-17(15)19(20(22)23)21-24-3/h5-12,14H,4,13H2,1-3H3,(H,22,23)/b21-19+. The van der Waals surface area contributed by atoms with Crippen molar-refractivity contribution in [2.24, 2.45) is 5.16 Å². The van der Waals surface area contributed by atoms with E-state index in [0.717, 1.165) is 23.3 Å². The third kappa shape index (κ3) is 4.59. The second-order valence-corrected chi connectivity index (χ2v) is 5.72. The first-order chi connectivity index (χ1) is 12.1. The smallest absolute Gasteiger partial charge is 0.358 e. The molecule has 0 spiro atoms. The van der Waals surface area contributed by atoms with E-state index in [1.807, 2.05) is 30.3 Å². The van der Waals surface area contributed by atoms with Gasteiger partial charge in [-0.2, -0.15) is 0 Å². The minimum absolute atomic E-state index is 0.142. The number of oxime groups is 1. The Hall–Kier alpha value is -2.82. The average Bonchev–Trinajstić information content (AvgIpc) is 2.64. The molecule has 0 aromatic heterocycles. The molecule has 25 heavy (non-hydrogen) atoms. The summed E-state index contributed by atoms with van der Waals surface area (Å²) in [6, 6.07) is 15.1. The van der Waals surface area contributed by atoms with Gasteiger partial charge in [-0.25, -0.2) is 4.79 Å². The molecule has 2 aromatic carbocycles. The highest BCUT2D eigenvalue weighted by Crippen LogP contribution is 2.29. The molecule has 0 aliphatic carbocycles. The van der Waals surface area contributed by atoms with Crippen molar-refractivity contribution < 1.29 is 19.5 Å². The summed E-state index contributed by atoms with van der Waals surface area (Å²) < 4.78 is 6.01. The molecular weight excluding hydrogens is 318 g/mol. The van der Waals surface area contributed by atoms with Crippen molar-refractivity contribution in [2.45, 2.75) is 32.8 Å². The highest BCUT2D eigenvalue weighted by Gasteiger charge is 2.18. The fourth-order valence-corrected chi connectivity index (χ4v) is 2.57. The molecule has 0 aliphatic rings. The highest BCUT2D eigenvalue weighted by atomic mass is 16.6. The Bertz CT molecular complexity index is 755. The Kier molecular flexibility index (Phi) is 6.57. The van der Waals surface area contributed by atoms with Crippen molar-refractivity contribution in [3.05, 3.63) is 65.2 Å². The topological polar surface area (TPSA) is 68.1 Å². The Morgan fingerprint density at radius 2 is 1.84 bits per heavy atom. The van der Waals surface area contributed by atoms with E-state index in [-0.39, 0.29) is 12.3 Å². The maximum atomic E-state index is 11.4. The molecule has 0 saturated heterocycles. The van der Waals surface area contributed by atoms with Crippen LogP contribution >= 0.6 is 0 Å². The van der Waals surface area contributed by atoms with E-state index in [4.69, 9.17) is 4.74 Å². The van der Waals surface area contributed by atoms with Crippen LogP contribution in [0.15, 0.2) is 53.7 Å². The fourth-order valence-electron chi connectivity index (χ4n) is 2.57. The Balaban J connectivity index is 2.29. The predicted octanol–water partition coefficient (Wildman–Crippen LogP) is 4.21. The monoisotopic (exact) mass is 341 g/mol. The zero-order valence-electron chi connectivity index (χ0n) is 14.7. The molecule has 0 fully saturated rings. The van der Waals surface area contributed by atoms with Crippen molar-refractivity contribution >= 4 is 11.7 Å². The van der Waals surface area contributed by atoms with Crippen LogP contribution in [0.2, 0.25) is 0 Å². The van der Waals surface area contributed by atoms with Gasteiger partial charge in [0.15, 0.2) is 5.71 Å². The normalized spacial score (nSPS) is 12.5. The minimum Gasteiger partial charge on any atom is -0.489 e. The molecule has 0 aliphatic heterocycles. The summed E-state index contributed by atoms with van der Waals surface area (Å²) in [7, 11) is 1.32. The summed E-state index contributed by atoms with van der Waals surface area (Å²) >= 11 is 0. The molecule has 0 bridgehead atoms. The second-order valence-electron chi connectivity index (χ2n) is 5.72. The molecule has 0 heterocycles. The van der Waals surface area contributed by atoms with Crippen LogP contribution in [0.3, 0.4) is 0 Å². The quantitative estimate of drug-likeness (QED) is 0.577. The van der Waals surface area contributed by atoms with E-state index in [1.54, 1.807) is 12.1 Å². The number of nitrogens with zero attached hydrogens (tertiary/aromatic N) is 1. The van der Waals surface area contributed by atoms with Gasteiger partial charge in [0.2, 0.25) is 0 Å². The van der Waals surface area contributed by atoms with Gasteiger partial charge in [-0.05, 0) is 29.5 Å². The summed E-state index contributed by atoms with van der Waals surface area (Å²) in [4.78, 5) is 16.1. The molecule has 2 aromatic rings. The van der Waals surface area contributed by atoms with Crippen LogP contribution < -0.4 is 4.74 Å². The van der Waals surface area contributed by atoms with E-state index in [2.05, 4.69) is 29.9 Å². The lowest BCUT2D eigenvalue weighted by Gasteiger charge is -2.16. The van der Waals surface area contributed by atoms with Crippen molar-refractivity contribution in [2.75, 3.05) is 7.11 Å². The minimum atomic E-state index is -1.14. The number of hydrogen-bond donors (Lipinski definition) is 1. The average molecular weight is 341 g/mol. The lowest BCUT2D eigenvalue weighted by Crippen LogP contribution is -2.17. The van der Waals surface area contributed by atoms with Gasteiger partial charge in [-0.15, -0.1) is 0 Å². The van der Waals surface area contributed by atoms with Crippen LogP contribution in [0, 0.1) is 0 Å². The Morgan fingerprint density at radius 3 is 2.52 bits per heavy atom. The Labute approximate surface area is 147 Å². The van der Waals surface area contributed by atoms with Gasteiger partial charge in [0.1, 0.15) is 19.5 Å². The van der Waals surface area contributed by atoms with Gasteiger partial charge in [-0.1, -0.05) is 61.5 Å². The van der Waals surface area contributed by atoms with Gasteiger partial charge in [-0.3, -0.25) is 0 Å². The number of carboxylic acid groups (broad SMARTS) is 1. The third-order valence-electron chi connectivity index (χ3n) is 4.10. The van der Waals surface area contributed by atoms with Crippen LogP contribution in [0.1, 0.15) is 42.9 Å². The first-order valence-electron chi connectivity index (χ1n) is 8.22. The molecule has 5 nitrogen and oxygen atoms in total. The molecule has 0 amide bonds. The number of carboxylic acids is 1. The number of benzene rings is 2. The highest BCUT2D eigenvalue weighted by molar-refractivity contribution is 6.42. The van der Waals surface area contributed by atoms with Gasteiger partial charge in [0.25, 0.3) is 0 Å². The first-order valence-corrected chi connectivity index (χ1v) is 8.22. The molecule has 0 saturated carbocycles. The van der Waals surface area contributed by atoms with Crippen molar-refractivity contribution in [1.82, 2.24) is 0 Å². The molecule has 1 atom stereocenters. The van der Waals surface area contributed by atoms with Crippen LogP contribution in [-0.4, -0.2) is 23.9 Å². The molecule has 1 N–H and O–H groups in total. The maximum absolute atomic E-state index is 11.4. The number of hydrogen-bond acceptors (Lipinski definition) is 4. The largest absolute Gasteiger partial charge is 0.489 e. The van der Waals surface area contributed by atoms with Gasteiger partial charge >= 0.3 is 5.97 Å². The van der Waals surface area contributed by atoms with E-state index in [9.17, 15) is 9.90 Å². The Morgan fingerprint density at radius 1 is 1.16 bits per heavy atom. The molecular formula is C20H23NO4. The summed E-state index contributed by atoms with van der Waals surface area (Å²) in [6.07, 6.45) is 1.01. The van der Waals surface area contributed by atoms with Gasteiger partial charge < -0.3 is 14.7 Å². The summed E-state index contributed by atoms with van der Waals surface area (Å²) in [5, 5.41) is 13.0. The first kappa shape index (κ1) is 18.5. The molecule has 2 rings (SSSR count). The number of ether oxygens (including phenoxy) is 1. The van der Waals surface area contributed by atoms with Crippen LogP contribution in [0.25, 0.3) is 0 Å². The van der Waals surface area contributed by atoms with Gasteiger partial charge in [0, 0.05) is 5.56 Å². The zero-order chi connectivity index (χ0) is 18.2. The van der Waals surface area contributed by atoms with E-state index < -0.39 is 5.97 Å². The summed E-state index contributed by atoms with van der Waals surface area (Å²) in [5.41, 5.74) is 2.22. The van der Waals surface area contributed by atoms with Gasteiger partial charge in [0.05, 0.1) is 0 Å². The maximum Gasteiger partial charge on any atom is 0.358 e.